The first-order valence-corrected chi connectivity index (χ1v) is 12.2. The molecule has 0 atom stereocenters. The second kappa shape index (κ2) is 12.0. The molecule has 0 unspecified atom stereocenters. The molecule has 0 aliphatic rings. The predicted octanol–water partition coefficient (Wildman–Crippen LogP) is 4.26. The van der Waals surface area contributed by atoms with E-state index in [4.69, 9.17) is 21.1 Å². The summed E-state index contributed by atoms with van der Waals surface area (Å²) in [6.07, 6.45) is 3.08. The Morgan fingerprint density at radius 2 is 1.83 bits per heavy atom. The lowest BCUT2D eigenvalue weighted by molar-refractivity contribution is -0.119. The molecule has 10 heteroatoms. The van der Waals surface area contributed by atoms with Crippen LogP contribution in [0.4, 0.5) is 5.69 Å². The zero-order chi connectivity index (χ0) is 25.3. The molecule has 3 aromatic rings. The SMILES string of the molecule is C=CCOc1ccc(/C=N\NC(=O)CN(c2cc(Cl)ccc2OC)S(=O)(=O)c2ccccc2)cc1. The fraction of sp³-hybridized carbons (Fsp3) is 0.120. The Morgan fingerprint density at radius 1 is 1.11 bits per heavy atom. The maximum atomic E-state index is 13.4. The Bertz CT molecular complexity index is 1300. The molecule has 0 fully saturated rings. The van der Waals surface area contributed by atoms with Gasteiger partial charge in [-0.3, -0.25) is 9.10 Å². The lowest BCUT2D eigenvalue weighted by atomic mass is 10.2. The van der Waals surface area contributed by atoms with E-state index in [1.807, 2.05) is 0 Å². The molecule has 0 aliphatic carbocycles. The summed E-state index contributed by atoms with van der Waals surface area (Å²) >= 11 is 6.13. The van der Waals surface area contributed by atoms with Crippen molar-refractivity contribution < 1.29 is 22.7 Å². The fourth-order valence-corrected chi connectivity index (χ4v) is 4.64. The maximum absolute atomic E-state index is 13.4. The number of benzene rings is 3. The average molecular weight is 514 g/mol. The van der Waals surface area contributed by atoms with Crippen molar-refractivity contribution in [1.82, 2.24) is 5.43 Å². The number of carbonyl (C=O) groups excluding carboxylic acids is 1. The van der Waals surface area contributed by atoms with Crippen LogP contribution in [0, 0.1) is 0 Å². The third kappa shape index (κ3) is 6.84. The second-order valence-electron chi connectivity index (χ2n) is 7.10. The first kappa shape index (κ1) is 25.8. The van der Waals surface area contributed by atoms with E-state index < -0.39 is 22.5 Å². The molecule has 182 valence electrons. The Balaban J connectivity index is 1.81. The van der Waals surface area contributed by atoms with Crippen molar-refractivity contribution >= 4 is 39.4 Å². The highest BCUT2D eigenvalue weighted by Crippen LogP contribution is 2.34. The van der Waals surface area contributed by atoms with Crippen LogP contribution in [-0.4, -0.2) is 40.8 Å². The van der Waals surface area contributed by atoms with Crippen molar-refractivity contribution in [2.45, 2.75) is 4.90 Å². The van der Waals surface area contributed by atoms with Crippen LogP contribution < -0.4 is 19.2 Å². The molecular formula is C25H24ClN3O5S. The molecule has 3 aromatic carbocycles. The van der Waals surface area contributed by atoms with Gasteiger partial charge in [0.05, 0.1) is 23.9 Å². The smallest absolute Gasteiger partial charge is 0.264 e. The number of carbonyl (C=O) groups is 1. The second-order valence-corrected chi connectivity index (χ2v) is 9.40. The lowest BCUT2D eigenvalue weighted by Crippen LogP contribution is -2.39. The van der Waals surface area contributed by atoms with Gasteiger partial charge in [0.2, 0.25) is 0 Å². The lowest BCUT2D eigenvalue weighted by Gasteiger charge is -2.25. The summed E-state index contributed by atoms with van der Waals surface area (Å²) in [6, 6.07) is 19.3. The zero-order valence-electron chi connectivity index (χ0n) is 18.9. The van der Waals surface area contributed by atoms with Gasteiger partial charge in [0, 0.05) is 5.02 Å². The summed E-state index contributed by atoms with van der Waals surface area (Å²) in [5.74, 6) is 0.251. The van der Waals surface area contributed by atoms with E-state index in [-0.39, 0.29) is 21.4 Å². The minimum absolute atomic E-state index is 0.0112. The van der Waals surface area contributed by atoms with E-state index >= 15 is 0 Å². The Labute approximate surface area is 209 Å². The topological polar surface area (TPSA) is 97.3 Å². The van der Waals surface area contributed by atoms with Crippen LogP contribution in [0.5, 0.6) is 11.5 Å². The van der Waals surface area contributed by atoms with Crippen molar-refractivity contribution in [2.24, 2.45) is 5.10 Å². The van der Waals surface area contributed by atoms with Crippen molar-refractivity contribution in [2.75, 3.05) is 24.6 Å². The highest BCUT2D eigenvalue weighted by atomic mass is 35.5. The van der Waals surface area contributed by atoms with E-state index in [0.717, 1.165) is 4.31 Å². The molecule has 0 aromatic heterocycles. The Kier molecular flexibility index (Phi) is 8.88. The third-order valence-electron chi connectivity index (χ3n) is 4.68. The summed E-state index contributed by atoms with van der Waals surface area (Å²) < 4.78 is 38.6. The minimum Gasteiger partial charge on any atom is -0.495 e. The highest BCUT2D eigenvalue weighted by molar-refractivity contribution is 7.92. The molecule has 0 radical (unpaired) electrons. The van der Waals surface area contributed by atoms with Crippen molar-refractivity contribution in [3.05, 3.63) is 96.0 Å². The van der Waals surface area contributed by atoms with Gasteiger partial charge in [0.15, 0.2) is 0 Å². The summed E-state index contributed by atoms with van der Waals surface area (Å²) in [6.45, 7) is 3.43. The van der Waals surface area contributed by atoms with Gasteiger partial charge in [-0.25, -0.2) is 13.8 Å². The number of hydrogen-bond acceptors (Lipinski definition) is 6. The average Bonchev–Trinajstić information content (AvgIpc) is 2.87. The Hall–Kier alpha value is -3.82. The quantitative estimate of drug-likeness (QED) is 0.235. The van der Waals surface area contributed by atoms with Crippen LogP contribution in [0.2, 0.25) is 5.02 Å². The number of methoxy groups -OCH3 is 1. The van der Waals surface area contributed by atoms with E-state index in [9.17, 15) is 13.2 Å². The summed E-state index contributed by atoms with van der Waals surface area (Å²) in [7, 11) is -2.73. The predicted molar refractivity (Wildman–Crippen MR) is 137 cm³/mol. The van der Waals surface area contributed by atoms with Crippen molar-refractivity contribution in [3.8, 4) is 11.5 Å². The molecule has 0 saturated carbocycles. The van der Waals surface area contributed by atoms with E-state index in [2.05, 4.69) is 17.1 Å². The van der Waals surface area contributed by atoms with Gasteiger partial charge in [0.1, 0.15) is 24.7 Å². The van der Waals surface area contributed by atoms with Crippen LogP contribution in [0.25, 0.3) is 0 Å². The number of anilines is 1. The van der Waals surface area contributed by atoms with Crippen LogP contribution >= 0.6 is 11.6 Å². The monoisotopic (exact) mass is 513 g/mol. The van der Waals surface area contributed by atoms with E-state index in [1.54, 1.807) is 54.6 Å². The number of sulfonamides is 1. The normalized spacial score (nSPS) is 11.1. The van der Waals surface area contributed by atoms with Crippen molar-refractivity contribution in [1.29, 1.82) is 0 Å². The number of nitrogens with zero attached hydrogens (tertiary/aromatic N) is 2. The number of nitrogens with one attached hydrogen (secondary N) is 1. The van der Waals surface area contributed by atoms with Gasteiger partial charge >= 0.3 is 0 Å². The molecule has 0 bridgehead atoms. The molecule has 0 spiro atoms. The number of rotatable bonds is 11. The molecule has 35 heavy (non-hydrogen) atoms. The summed E-state index contributed by atoms with van der Waals surface area (Å²) in [5.41, 5.74) is 3.20. The van der Waals surface area contributed by atoms with Gasteiger partial charge < -0.3 is 9.47 Å². The number of amides is 1. The van der Waals surface area contributed by atoms with Gasteiger partial charge in [-0.05, 0) is 60.2 Å². The van der Waals surface area contributed by atoms with Gasteiger partial charge in [-0.15, -0.1) is 0 Å². The maximum Gasteiger partial charge on any atom is 0.264 e. The number of hydrazone groups is 1. The van der Waals surface area contributed by atoms with Crippen molar-refractivity contribution in [3.63, 3.8) is 0 Å². The van der Waals surface area contributed by atoms with Gasteiger partial charge in [0.25, 0.3) is 15.9 Å². The van der Waals surface area contributed by atoms with Gasteiger partial charge in [-0.2, -0.15) is 5.10 Å². The largest absolute Gasteiger partial charge is 0.495 e. The molecular weight excluding hydrogens is 490 g/mol. The third-order valence-corrected chi connectivity index (χ3v) is 6.69. The molecule has 0 heterocycles. The van der Waals surface area contributed by atoms with E-state index in [1.165, 1.54) is 37.6 Å². The first-order chi connectivity index (χ1) is 16.8. The number of hydrogen-bond donors (Lipinski definition) is 1. The van der Waals surface area contributed by atoms with Crippen LogP contribution in [0.15, 0.2) is 95.4 Å². The molecule has 0 aliphatic heterocycles. The molecule has 0 saturated heterocycles. The van der Waals surface area contributed by atoms with Crippen LogP contribution in [0.3, 0.4) is 0 Å². The number of ether oxygens (including phenoxy) is 2. The fourth-order valence-electron chi connectivity index (χ4n) is 3.03. The highest BCUT2D eigenvalue weighted by Gasteiger charge is 2.29. The van der Waals surface area contributed by atoms with Gasteiger partial charge in [-0.1, -0.05) is 42.5 Å². The van der Waals surface area contributed by atoms with Crippen LogP contribution in [-0.2, 0) is 14.8 Å². The standard InChI is InChI=1S/C25H24ClN3O5S/c1-3-15-34-21-12-9-19(10-13-21)17-27-28-25(30)18-29(23-16-20(26)11-14-24(23)33-2)35(31,32)22-7-5-4-6-8-22/h3-14,16-17H,1,15,18H2,2H3,(H,28,30)/b27-17-. The Morgan fingerprint density at radius 3 is 2.49 bits per heavy atom. The number of halogens is 1. The van der Waals surface area contributed by atoms with Crippen LogP contribution in [0.1, 0.15) is 5.56 Å². The molecule has 3 rings (SSSR count). The summed E-state index contributed by atoms with van der Waals surface area (Å²) in [5, 5.41) is 4.22. The molecule has 1 amide bonds. The zero-order valence-corrected chi connectivity index (χ0v) is 20.5. The summed E-state index contributed by atoms with van der Waals surface area (Å²) in [4.78, 5) is 12.7. The first-order valence-electron chi connectivity index (χ1n) is 10.4. The molecule has 1 N–H and O–H groups in total. The molecule has 8 nitrogen and oxygen atoms in total. The minimum atomic E-state index is -4.13. The van der Waals surface area contributed by atoms with E-state index in [0.29, 0.717) is 17.9 Å².